The lowest BCUT2D eigenvalue weighted by atomic mass is 9.81. The van der Waals surface area contributed by atoms with Gasteiger partial charge in [0.25, 0.3) is 0 Å². The Bertz CT molecular complexity index is 570. The Kier molecular flexibility index (Phi) is 4.29. The minimum Gasteiger partial charge on any atom is -0.360 e. The minimum absolute atomic E-state index is 0.533. The third-order valence-corrected chi connectivity index (χ3v) is 5.83. The molecule has 1 aromatic rings. The van der Waals surface area contributed by atoms with Crippen molar-refractivity contribution in [1.29, 1.82) is 0 Å². The fourth-order valence-electron chi connectivity index (χ4n) is 4.58. The lowest BCUT2D eigenvalue weighted by Gasteiger charge is -2.49. The first-order valence-corrected chi connectivity index (χ1v) is 9.51. The van der Waals surface area contributed by atoms with Crippen molar-refractivity contribution < 1.29 is 0 Å². The number of hydrogen-bond donors (Lipinski definition) is 2. The molecule has 0 radical (unpaired) electrons. The highest BCUT2D eigenvalue weighted by molar-refractivity contribution is 7.80. The van der Waals surface area contributed by atoms with Gasteiger partial charge in [-0.05, 0) is 75.4 Å². The van der Waals surface area contributed by atoms with Crippen LogP contribution in [0, 0.1) is 6.92 Å². The third kappa shape index (κ3) is 3.53. The third-order valence-electron chi connectivity index (χ3n) is 5.61. The molecule has 0 aromatic heterocycles. The normalized spacial score (nSPS) is 30.7. The van der Waals surface area contributed by atoms with Crippen LogP contribution in [-0.4, -0.2) is 34.2 Å². The first-order chi connectivity index (χ1) is 11.2. The summed E-state index contributed by atoms with van der Waals surface area (Å²) < 4.78 is 0. The number of hydrogen-bond acceptors (Lipinski definition) is 2. The number of anilines is 1. The van der Waals surface area contributed by atoms with E-state index in [4.69, 9.17) is 12.2 Å². The minimum atomic E-state index is 0.533. The van der Waals surface area contributed by atoms with Crippen LogP contribution in [0.3, 0.4) is 0 Å². The van der Waals surface area contributed by atoms with Gasteiger partial charge < -0.3 is 10.6 Å². The van der Waals surface area contributed by atoms with Gasteiger partial charge in [0.15, 0.2) is 5.11 Å². The van der Waals surface area contributed by atoms with Gasteiger partial charge in [0.05, 0.1) is 0 Å². The van der Waals surface area contributed by atoms with Crippen molar-refractivity contribution in [2.75, 3.05) is 5.32 Å². The van der Waals surface area contributed by atoms with Crippen LogP contribution in [-0.2, 0) is 0 Å². The van der Waals surface area contributed by atoms with Crippen LogP contribution in [0.25, 0.3) is 0 Å². The summed E-state index contributed by atoms with van der Waals surface area (Å²) in [6.45, 7) is 2.11. The van der Waals surface area contributed by atoms with E-state index in [1.807, 2.05) is 0 Å². The van der Waals surface area contributed by atoms with Crippen LogP contribution in [0.2, 0.25) is 0 Å². The summed E-state index contributed by atoms with van der Waals surface area (Å²) in [6.07, 6.45) is 9.53. The van der Waals surface area contributed by atoms with Crippen LogP contribution < -0.4 is 10.6 Å². The van der Waals surface area contributed by atoms with Crippen LogP contribution in [0.15, 0.2) is 24.3 Å². The molecule has 2 N–H and O–H groups in total. The highest BCUT2D eigenvalue weighted by Gasteiger charge is 2.44. The van der Waals surface area contributed by atoms with Gasteiger partial charge in [-0.25, -0.2) is 0 Å². The molecular formula is C19H27N3S. The highest BCUT2D eigenvalue weighted by Crippen LogP contribution is 2.41. The predicted molar refractivity (Wildman–Crippen MR) is 99.8 cm³/mol. The molecule has 2 bridgehead atoms. The van der Waals surface area contributed by atoms with E-state index in [2.05, 4.69) is 46.7 Å². The van der Waals surface area contributed by atoms with Crippen molar-refractivity contribution in [2.24, 2.45) is 0 Å². The molecule has 1 saturated carbocycles. The Labute approximate surface area is 144 Å². The fourth-order valence-corrected chi connectivity index (χ4v) is 4.86. The second-order valence-corrected chi connectivity index (χ2v) is 7.96. The van der Waals surface area contributed by atoms with Crippen molar-refractivity contribution in [3.63, 3.8) is 0 Å². The lowest BCUT2D eigenvalue weighted by molar-refractivity contribution is 0.0209. The summed E-state index contributed by atoms with van der Waals surface area (Å²) in [4.78, 5) is 2.86. The van der Waals surface area contributed by atoms with Crippen molar-refractivity contribution in [1.82, 2.24) is 10.2 Å². The van der Waals surface area contributed by atoms with E-state index in [1.165, 1.54) is 50.5 Å². The summed E-state index contributed by atoms with van der Waals surface area (Å²) >= 11 is 5.55. The number of fused-ring (bicyclic) bond motifs is 2. The van der Waals surface area contributed by atoms with E-state index in [-0.39, 0.29) is 0 Å². The van der Waals surface area contributed by atoms with E-state index in [0.29, 0.717) is 6.04 Å². The molecule has 4 heteroatoms. The Morgan fingerprint density at radius 3 is 2.48 bits per heavy atom. The number of nitrogens with one attached hydrogen (secondary N) is 2. The average Bonchev–Trinajstić information content (AvgIpc) is 3.30. The fraction of sp³-hybridized carbons (Fsp3) is 0.632. The van der Waals surface area contributed by atoms with Crippen molar-refractivity contribution >= 4 is 23.0 Å². The first kappa shape index (κ1) is 15.4. The lowest BCUT2D eigenvalue weighted by Crippen LogP contribution is -2.57. The van der Waals surface area contributed by atoms with Gasteiger partial charge in [-0.3, -0.25) is 4.90 Å². The molecule has 3 aliphatic rings. The maximum atomic E-state index is 5.55. The molecule has 2 atom stereocenters. The molecule has 2 heterocycles. The molecule has 2 saturated heterocycles. The number of rotatable bonds is 3. The summed E-state index contributed by atoms with van der Waals surface area (Å²) in [5.74, 6) is 0. The molecule has 124 valence electrons. The van der Waals surface area contributed by atoms with Crippen molar-refractivity contribution in [3.05, 3.63) is 29.8 Å². The summed E-state index contributed by atoms with van der Waals surface area (Å²) in [6, 6.07) is 11.4. The molecule has 2 aliphatic heterocycles. The maximum absolute atomic E-state index is 5.55. The number of benzene rings is 1. The van der Waals surface area contributed by atoms with E-state index in [0.717, 1.165) is 28.9 Å². The molecule has 3 fully saturated rings. The summed E-state index contributed by atoms with van der Waals surface area (Å²) in [5.41, 5.74) is 2.34. The SMILES string of the molecule is Cc1cccc(NC(=S)NC2C[C@H]3CCC[C@H](C2)N3C2CC2)c1. The van der Waals surface area contributed by atoms with Gasteiger partial charge in [0.1, 0.15) is 0 Å². The molecule has 4 rings (SSSR count). The number of aryl methyl sites for hydroxylation is 1. The summed E-state index contributed by atoms with van der Waals surface area (Å²) in [7, 11) is 0. The molecule has 0 spiro atoms. The molecule has 23 heavy (non-hydrogen) atoms. The monoisotopic (exact) mass is 329 g/mol. The van der Waals surface area contributed by atoms with E-state index < -0.39 is 0 Å². The van der Waals surface area contributed by atoms with Crippen LogP contribution >= 0.6 is 12.2 Å². The largest absolute Gasteiger partial charge is 0.360 e. The standard InChI is InChI=1S/C19H27N3S/c1-13-4-2-5-14(10-13)20-19(23)21-15-11-17-6-3-7-18(12-15)22(17)16-8-9-16/h2,4-5,10,15-18H,3,6-9,11-12H2,1H3,(H2,20,21,23)/t17-,18-/m1/s1. The quantitative estimate of drug-likeness (QED) is 0.824. The van der Waals surface area contributed by atoms with Gasteiger partial charge >= 0.3 is 0 Å². The number of nitrogens with zero attached hydrogens (tertiary/aromatic N) is 1. The van der Waals surface area contributed by atoms with Crippen LogP contribution in [0.1, 0.15) is 50.5 Å². The van der Waals surface area contributed by atoms with Crippen molar-refractivity contribution in [3.8, 4) is 0 Å². The topological polar surface area (TPSA) is 27.3 Å². The Balaban J connectivity index is 1.35. The van der Waals surface area contributed by atoms with E-state index in [1.54, 1.807) is 0 Å². The maximum Gasteiger partial charge on any atom is 0.170 e. The van der Waals surface area contributed by atoms with E-state index >= 15 is 0 Å². The second-order valence-electron chi connectivity index (χ2n) is 7.55. The Morgan fingerprint density at radius 1 is 1.09 bits per heavy atom. The molecule has 3 nitrogen and oxygen atoms in total. The Morgan fingerprint density at radius 2 is 1.83 bits per heavy atom. The molecular weight excluding hydrogens is 302 g/mol. The Hall–Kier alpha value is -1.13. The predicted octanol–water partition coefficient (Wildman–Crippen LogP) is 3.83. The van der Waals surface area contributed by atoms with Crippen LogP contribution in [0.5, 0.6) is 0 Å². The molecule has 1 aromatic carbocycles. The zero-order valence-corrected chi connectivity index (χ0v) is 14.7. The van der Waals surface area contributed by atoms with Gasteiger partial charge in [0.2, 0.25) is 0 Å². The van der Waals surface area contributed by atoms with E-state index in [9.17, 15) is 0 Å². The smallest absolute Gasteiger partial charge is 0.170 e. The molecule has 0 amide bonds. The van der Waals surface area contributed by atoms with Gasteiger partial charge in [0, 0.05) is 29.9 Å². The zero-order valence-electron chi connectivity index (χ0n) is 13.9. The van der Waals surface area contributed by atoms with Crippen LogP contribution in [0.4, 0.5) is 5.69 Å². The van der Waals surface area contributed by atoms with Gasteiger partial charge in [-0.2, -0.15) is 0 Å². The average molecular weight is 330 g/mol. The first-order valence-electron chi connectivity index (χ1n) is 9.10. The molecule has 1 aliphatic carbocycles. The second kappa shape index (κ2) is 6.40. The number of thiocarbonyl (C=S) groups is 1. The summed E-state index contributed by atoms with van der Waals surface area (Å²) in [5, 5.41) is 7.71. The van der Waals surface area contributed by atoms with Gasteiger partial charge in [-0.1, -0.05) is 18.6 Å². The van der Waals surface area contributed by atoms with Crippen molar-refractivity contribution in [2.45, 2.75) is 76.0 Å². The van der Waals surface area contributed by atoms with Gasteiger partial charge in [-0.15, -0.1) is 0 Å². The zero-order chi connectivity index (χ0) is 15.8. The molecule has 0 unspecified atom stereocenters. The number of piperidine rings is 2. The highest BCUT2D eigenvalue weighted by atomic mass is 32.1.